The van der Waals surface area contributed by atoms with Crippen LogP contribution < -0.4 is 21.1 Å². The lowest BCUT2D eigenvalue weighted by atomic mass is 9.98. The number of benzene rings is 2. The van der Waals surface area contributed by atoms with Crippen LogP contribution in [-0.4, -0.2) is 43.8 Å². The third kappa shape index (κ3) is 9.58. The molecule has 0 aliphatic rings. The molecule has 0 aromatic heterocycles. The zero-order chi connectivity index (χ0) is 26.0. The number of ether oxygens (including phenoxy) is 2. The molecule has 35 heavy (non-hydrogen) atoms. The maximum absolute atomic E-state index is 13.1. The summed E-state index contributed by atoms with van der Waals surface area (Å²) < 4.78 is 49.7. The van der Waals surface area contributed by atoms with Crippen molar-refractivity contribution in [1.82, 2.24) is 10.6 Å². The number of hydrogen-bond acceptors (Lipinski definition) is 5. The molecule has 7 nitrogen and oxygen atoms in total. The van der Waals surface area contributed by atoms with Crippen LogP contribution >= 0.6 is 0 Å². The number of carbonyl (C=O) groups is 2. The topological polar surface area (TPSA) is 103 Å². The lowest BCUT2D eigenvalue weighted by molar-refractivity contribution is -0.146. The van der Waals surface area contributed by atoms with Crippen LogP contribution in [0.4, 0.5) is 13.2 Å². The Hall–Kier alpha value is -3.11. The molecule has 0 heterocycles. The van der Waals surface area contributed by atoms with Gasteiger partial charge in [-0.05, 0) is 29.2 Å². The van der Waals surface area contributed by atoms with Gasteiger partial charge in [-0.1, -0.05) is 56.3 Å². The minimum atomic E-state index is -4.46. The molecule has 0 saturated heterocycles. The number of rotatable bonds is 12. The Balaban J connectivity index is 2.12. The van der Waals surface area contributed by atoms with Gasteiger partial charge in [-0.15, -0.1) is 0 Å². The molecule has 3 atom stereocenters. The van der Waals surface area contributed by atoms with E-state index >= 15 is 0 Å². The zero-order valence-corrected chi connectivity index (χ0v) is 20.0. The number of nitrogens with one attached hydrogen (secondary N) is 2. The van der Waals surface area contributed by atoms with Gasteiger partial charge in [0.15, 0.2) is 0 Å². The number of halogens is 3. The Morgan fingerprint density at radius 2 is 1.60 bits per heavy atom. The van der Waals surface area contributed by atoms with Crippen molar-refractivity contribution < 1.29 is 32.2 Å². The molecule has 0 radical (unpaired) electrons. The molecule has 2 rings (SSSR count). The highest BCUT2D eigenvalue weighted by Gasteiger charge is 2.35. The molecule has 0 aliphatic carbocycles. The molecule has 2 aromatic carbocycles. The van der Waals surface area contributed by atoms with Crippen molar-refractivity contribution in [1.29, 1.82) is 0 Å². The van der Waals surface area contributed by atoms with E-state index < -0.39 is 48.5 Å². The van der Waals surface area contributed by atoms with Crippen molar-refractivity contribution in [3.05, 3.63) is 65.7 Å². The second kappa shape index (κ2) is 13.1. The Labute approximate surface area is 203 Å². The molecule has 192 valence electrons. The van der Waals surface area contributed by atoms with Crippen molar-refractivity contribution in [2.24, 2.45) is 11.7 Å². The lowest BCUT2D eigenvalue weighted by Gasteiger charge is -2.27. The summed E-state index contributed by atoms with van der Waals surface area (Å²) in [5.74, 6) is -1.42. The van der Waals surface area contributed by atoms with Crippen LogP contribution in [0.1, 0.15) is 37.4 Å². The van der Waals surface area contributed by atoms with Gasteiger partial charge in [0.05, 0.1) is 26.7 Å². The van der Waals surface area contributed by atoms with Gasteiger partial charge in [-0.25, -0.2) is 0 Å². The van der Waals surface area contributed by atoms with Gasteiger partial charge in [0, 0.05) is 6.04 Å². The normalized spacial score (nSPS) is 14.2. The lowest BCUT2D eigenvalue weighted by Crippen LogP contribution is -2.51. The highest BCUT2D eigenvalue weighted by molar-refractivity contribution is 5.90. The molecule has 10 heteroatoms. The molecule has 0 aliphatic heterocycles. The van der Waals surface area contributed by atoms with Crippen LogP contribution in [0.25, 0.3) is 0 Å². The fourth-order valence-corrected chi connectivity index (χ4v) is 3.27. The van der Waals surface area contributed by atoms with Crippen molar-refractivity contribution in [3.8, 4) is 5.75 Å². The first-order chi connectivity index (χ1) is 16.5. The fourth-order valence-electron chi connectivity index (χ4n) is 3.27. The number of methoxy groups -OCH3 is 1. The molecule has 1 unspecified atom stereocenters. The summed E-state index contributed by atoms with van der Waals surface area (Å²) in [4.78, 5) is 25.8. The Morgan fingerprint density at radius 1 is 0.971 bits per heavy atom. The molecule has 0 spiro atoms. The third-order valence-corrected chi connectivity index (χ3v) is 5.33. The predicted molar refractivity (Wildman–Crippen MR) is 125 cm³/mol. The monoisotopic (exact) mass is 495 g/mol. The highest BCUT2D eigenvalue weighted by Crippen LogP contribution is 2.25. The minimum Gasteiger partial charge on any atom is -0.497 e. The summed E-state index contributed by atoms with van der Waals surface area (Å²) >= 11 is 0. The smallest absolute Gasteiger partial charge is 0.391 e. The van der Waals surface area contributed by atoms with Crippen LogP contribution in [0.5, 0.6) is 5.75 Å². The summed E-state index contributed by atoms with van der Waals surface area (Å²) in [6, 6.07) is 12.0. The minimum absolute atomic E-state index is 0.111. The average molecular weight is 496 g/mol. The summed E-state index contributed by atoms with van der Waals surface area (Å²) in [5.41, 5.74) is 7.22. The molecule has 2 amide bonds. The zero-order valence-electron chi connectivity index (χ0n) is 20.0. The van der Waals surface area contributed by atoms with Crippen LogP contribution in [-0.2, 0) is 20.9 Å². The maximum atomic E-state index is 13.1. The van der Waals surface area contributed by atoms with Gasteiger partial charge >= 0.3 is 6.18 Å². The summed E-state index contributed by atoms with van der Waals surface area (Å²) in [6.07, 6.45) is -5.65. The maximum Gasteiger partial charge on any atom is 0.391 e. The van der Waals surface area contributed by atoms with Crippen LogP contribution in [0.3, 0.4) is 0 Å². The summed E-state index contributed by atoms with van der Waals surface area (Å²) in [5, 5.41) is 4.98. The Bertz CT molecular complexity index is 937. The summed E-state index contributed by atoms with van der Waals surface area (Å²) in [6.45, 7) is 3.30. The number of nitrogens with two attached hydrogens (primary N) is 1. The Morgan fingerprint density at radius 3 is 2.14 bits per heavy atom. The highest BCUT2D eigenvalue weighted by atomic mass is 19.4. The van der Waals surface area contributed by atoms with Crippen molar-refractivity contribution in [2.45, 2.75) is 51.2 Å². The third-order valence-electron chi connectivity index (χ3n) is 5.33. The quantitative estimate of drug-likeness (QED) is 0.418. The number of alkyl halides is 3. The molecule has 0 bridgehead atoms. The Kier molecular flexibility index (Phi) is 10.5. The first kappa shape index (κ1) is 28.1. The van der Waals surface area contributed by atoms with Crippen LogP contribution in [0, 0.1) is 5.92 Å². The van der Waals surface area contributed by atoms with Gasteiger partial charge in [0.25, 0.3) is 0 Å². The number of hydrogen-bond donors (Lipinski definition) is 3. The van der Waals surface area contributed by atoms with E-state index in [0.717, 1.165) is 5.56 Å². The SMILES string of the molecule is COc1ccc(C(NC(=O)[C@@H](N)COCc2ccccc2)C(=O)N[C@H](CC(F)(F)F)C(C)C)cc1. The molecule has 0 saturated carbocycles. The summed E-state index contributed by atoms with van der Waals surface area (Å²) in [7, 11) is 1.47. The first-order valence-electron chi connectivity index (χ1n) is 11.2. The van der Waals surface area contributed by atoms with E-state index in [2.05, 4.69) is 10.6 Å². The fraction of sp³-hybridized carbons (Fsp3) is 0.440. The van der Waals surface area contributed by atoms with Gasteiger partial charge in [-0.3, -0.25) is 9.59 Å². The second-order valence-corrected chi connectivity index (χ2v) is 8.50. The predicted octanol–water partition coefficient (Wildman–Crippen LogP) is 3.49. The number of amides is 2. The largest absolute Gasteiger partial charge is 0.497 e. The molecular weight excluding hydrogens is 463 g/mol. The van der Waals surface area contributed by atoms with Crippen molar-refractivity contribution >= 4 is 11.8 Å². The van der Waals surface area contributed by atoms with E-state index in [1.807, 2.05) is 30.3 Å². The van der Waals surface area contributed by atoms with E-state index in [1.54, 1.807) is 38.1 Å². The molecule has 2 aromatic rings. The van der Waals surface area contributed by atoms with Gasteiger partial charge in [0.1, 0.15) is 17.8 Å². The molecule has 0 fully saturated rings. The van der Waals surface area contributed by atoms with E-state index in [4.69, 9.17) is 15.2 Å². The van der Waals surface area contributed by atoms with E-state index in [1.165, 1.54) is 7.11 Å². The van der Waals surface area contributed by atoms with Crippen molar-refractivity contribution in [2.75, 3.05) is 13.7 Å². The van der Waals surface area contributed by atoms with Gasteiger partial charge < -0.3 is 25.8 Å². The van der Waals surface area contributed by atoms with Crippen LogP contribution in [0.2, 0.25) is 0 Å². The van der Waals surface area contributed by atoms with E-state index in [0.29, 0.717) is 11.3 Å². The standard InChI is InChI=1S/C25H32F3N3O4/c1-16(2)21(13-25(26,27)28)30-24(33)22(18-9-11-19(34-3)12-10-18)31-23(32)20(29)15-35-14-17-7-5-4-6-8-17/h4-12,16,20-22H,13-15,29H2,1-3H3,(H,30,33)(H,31,32)/t20-,21+,22?/m0/s1. The first-order valence-corrected chi connectivity index (χ1v) is 11.2. The second-order valence-electron chi connectivity index (χ2n) is 8.50. The van der Waals surface area contributed by atoms with Gasteiger partial charge in [-0.2, -0.15) is 13.2 Å². The van der Waals surface area contributed by atoms with E-state index in [9.17, 15) is 22.8 Å². The van der Waals surface area contributed by atoms with Crippen LogP contribution in [0.15, 0.2) is 54.6 Å². The number of carbonyl (C=O) groups excluding carboxylic acids is 2. The van der Waals surface area contributed by atoms with Crippen molar-refractivity contribution in [3.63, 3.8) is 0 Å². The molecular formula is C25H32F3N3O4. The van der Waals surface area contributed by atoms with Gasteiger partial charge in [0.2, 0.25) is 11.8 Å². The average Bonchev–Trinajstić information content (AvgIpc) is 2.81. The van der Waals surface area contributed by atoms with E-state index in [-0.39, 0.29) is 13.2 Å². The molecule has 4 N–H and O–H groups in total.